The summed E-state index contributed by atoms with van der Waals surface area (Å²) in [5.74, 6) is -0.263. The Morgan fingerprint density at radius 3 is 2.46 bits per heavy atom. The fraction of sp³-hybridized carbons (Fsp3) is 0.368. The number of hydrogen-bond acceptors (Lipinski definition) is 3. The molecule has 0 saturated heterocycles. The van der Waals surface area contributed by atoms with Crippen LogP contribution in [0.5, 0.6) is 0 Å². The van der Waals surface area contributed by atoms with E-state index in [1.807, 2.05) is 44.2 Å². The number of nitrogens with zero attached hydrogens (tertiary/aromatic N) is 1. The second-order valence-corrected chi connectivity index (χ2v) is 6.69. The summed E-state index contributed by atoms with van der Waals surface area (Å²) in [6.07, 6.45) is 1.52. The maximum absolute atomic E-state index is 12.4. The van der Waals surface area contributed by atoms with Gasteiger partial charge >= 0.3 is 0 Å². The van der Waals surface area contributed by atoms with Crippen LogP contribution < -0.4 is 10.9 Å². The predicted octanol–water partition coefficient (Wildman–Crippen LogP) is 1.92. The minimum Gasteiger partial charge on any atom is -0.396 e. The van der Waals surface area contributed by atoms with Gasteiger partial charge in [0.2, 0.25) is 5.56 Å². The molecular weight excluding hydrogens is 304 g/mol. The first kappa shape index (κ1) is 17.9. The monoisotopic (exact) mass is 328 g/mol. The van der Waals surface area contributed by atoms with Crippen LogP contribution in [0.3, 0.4) is 0 Å². The van der Waals surface area contributed by atoms with Gasteiger partial charge in [-0.15, -0.1) is 0 Å². The maximum atomic E-state index is 12.4. The third-order valence-corrected chi connectivity index (χ3v) is 4.37. The van der Waals surface area contributed by atoms with Gasteiger partial charge in [0, 0.05) is 38.4 Å². The highest BCUT2D eigenvalue weighted by Gasteiger charge is 2.30. The van der Waals surface area contributed by atoms with Gasteiger partial charge in [0.25, 0.3) is 5.91 Å². The Morgan fingerprint density at radius 1 is 1.21 bits per heavy atom. The number of carbonyl (C=O) groups is 1. The lowest BCUT2D eigenvalue weighted by atomic mass is 9.75. The largest absolute Gasteiger partial charge is 0.396 e. The molecule has 0 aliphatic carbocycles. The summed E-state index contributed by atoms with van der Waals surface area (Å²) in [7, 11) is 1.61. The summed E-state index contributed by atoms with van der Waals surface area (Å²) >= 11 is 0. The highest BCUT2D eigenvalue weighted by molar-refractivity contribution is 5.93. The summed E-state index contributed by atoms with van der Waals surface area (Å²) < 4.78 is 1.38. The lowest BCUT2D eigenvalue weighted by Crippen LogP contribution is -2.37. The van der Waals surface area contributed by atoms with E-state index in [-0.39, 0.29) is 29.4 Å². The van der Waals surface area contributed by atoms with Crippen LogP contribution in [0.2, 0.25) is 0 Å². The van der Waals surface area contributed by atoms with Crippen LogP contribution in [-0.2, 0) is 7.05 Å². The Labute approximate surface area is 142 Å². The van der Waals surface area contributed by atoms with Crippen molar-refractivity contribution in [3.05, 3.63) is 70.1 Å². The minimum atomic E-state index is -0.377. The third kappa shape index (κ3) is 4.11. The molecule has 2 rings (SSSR count). The second-order valence-electron chi connectivity index (χ2n) is 6.69. The zero-order valence-electron chi connectivity index (χ0n) is 14.3. The number of aliphatic hydroxyl groups is 1. The first-order valence-electron chi connectivity index (χ1n) is 7.96. The molecule has 2 N–H and O–H groups in total. The van der Waals surface area contributed by atoms with E-state index >= 15 is 0 Å². The van der Waals surface area contributed by atoms with Gasteiger partial charge in [-0.05, 0) is 17.0 Å². The van der Waals surface area contributed by atoms with Gasteiger partial charge in [-0.1, -0.05) is 44.2 Å². The van der Waals surface area contributed by atoms with Crippen molar-refractivity contribution in [2.45, 2.75) is 19.8 Å². The predicted molar refractivity (Wildman–Crippen MR) is 94.1 cm³/mol. The molecule has 0 saturated carbocycles. The van der Waals surface area contributed by atoms with Crippen molar-refractivity contribution in [3.8, 4) is 0 Å². The standard InChI is InChI=1S/C19H24N2O3/c1-19(2,13-22)16(14-7-5-4-6-8-14)11-20-18(24)15-9-10-17(23)21(3)12-15/h4-10,12,16,22H,11,13H2,1-3H3,(H,20,24). The summed E-state index contributed by atoms with van der Waals surface area (Å²) in [6, 6.07) is 12.7. The topological polar surface area (TPSA) is 71.3 Å². The fourth-order valence-corrected chi connectivity index (χ4v) is 2.67. The minimum absolute atomic E-state index is 0.0161. The number of carbonyl (C=O) groups excluding carboxylic acids is 1. The summed E-state index contributed by atoms with van der Waals surface area (Å²) in [5.41, 5.74) is 0.969. The molecule has 1 atom stereocenters. The van der Waals surface area contributed by atoms with Gasteiger partial charge < -0.3 is 15.0 Å². The van der Waals surface area contributed by atoms with Gasteiger partial charge in [-0.25, -0.2) is 0 Å². The molecule has 1 heterocycles. The Hall–Kier alpha value is -2.40. The molecule has 1 unspecified atom stereocenters. The van der Waals surface area contributed by atoms with Crippen molar-refractivity contribution in [3.63, 3.8) is 0 Å². The number of rotatable bonds is 6. The molecule has 0 aliphatic heterocycles. The lowest BCUT2D eigenvalue weighted by molar-refractivity contribution is 0.0919. The molecule has 5 nitrogen and oxygen atoms in total. The first-order chi connectivity index (χ1) is 11.3. The summed E-state index contributed by atoms with van der Waals surface area (Å²) in [6.45, 7) is 4.37. The van der Waals surface area contributed by atoms with E-state index in [4.69, 9.17) is 0 Å². The number of nitrogens with one attached hydrogen (secondary N) is 1. The average molecular weight is 328 g/mol. The van der Waals surface area contributed by atoms with Crippen LogP contribution in [-0.4, -0.2) is 28.7 Å². The van der Waals surface area contributed by atoms with E-state index in [2.05, 4.69) is 5.32 Å². The normalized spacial score (nSPS) is 12.7. The van der Waals surface area contributed by atoms with E-state index < -0.39 is 0 Å². The Morgan fingerprint density at radius 2 is 1.88 bits per heavy atom. The highest BCUT2D eigenvalue weighted by Crippen LogP contribution is 2.34. The molecular formula is C19H24N2O3. The number of aromatic nitrogens is 1. The van der Waals surface area contributed by atoms with Crippen molar-refractivity contribution < 1.29 is 9.90 Å². The molecule has 0 fully saturated rings. The highest BCUT2D eigenvalue weighted by atomic mass is 16.3. The maximum Gasteiger partial charge on any atom is 0.252 e. The molecule has 5 heteroatoms. The zero-order valence-corrected chi connectivity index (χ0v) is 14.3. The van der Waals surface area contributed by atoms with Gasteiger partial charge in [-0.3, -0.25) is 9.59 Å². The van der Waals surface area contributed by atoms with Crippen LogP contribution >= 0.6 is 0 Å². The van der Waals surface area contributed by atoms with Crippen molar-refractivity contribution in [1.29, 1.82) is 0 Å². The second kappa shape index (κ2) is 7.45. The first-order valence-corrected chi connectivity index (χ1v) is 7.96. The molecule has 1 amide bonds. The third-order valence-electron chi connectivity index (χ3n) is 4.37. The molecule has 24 heavy (non-hydrogen) atoms. The van der Waals surface area contributed by atoms with Gasteiger partial charge in [0.05, 0.1) is 5.56 Å². The fourth-order valence-electron chi connectivity index (χ4n) is 2.67. The van der Waals surface area contributed by atoms with Gasteiger partial charge in [-0.2, -0.15) is 0 Å². The van der Waals surface area contributed by atoms with Crippen LogP contribution in [0.15, 0.2) is 53.5 Å². The number of aryl methyl sites for hydroxylation is 1. The molecule has 1 aromatic heterocycles. The van der Waals surface area contributed by atoms with E-state index in [0.29, 0.717) is 12.1 Å². The van der Waals surface area contributed by atoms with Gasteiger partial charge in [0.15, 0.2) is 0 Å². The van der Waals surface area contributed by atoms with Crippen molar-refractivity contribution >= 4 is 5.91 Å². The number of aliphatic hydroxyl groups excluding tert-OH is 1. The molecule has 0 bridgehead atoms. The van der Waals surface area contributed by atoms with Crippen LogP contribution in [0.4, 0.5) is 0 Å². The number of benzene rings is 1. The molecule has 0 aliphatic rings. The molecule has 2 aromatic rings. The average Bonchev–Trinajstić information content (AvgIpc) is 2.58. The lowest BCUT2D eigenvalue weighted by Gasteiger charge is -2.33. The zero-order chi connectivity index (χ0) is 17.7. The van der Waals surface area contributed by atoms with Crippen LogP contribution in [0.1, 0.15) is 35.7 Å². The van der Waals surface area contributed by atoms with Crippen molar-refractivity contribution in [2.75, 3.05) is 13.2 Å². The number of pyridine rings is 1. The Kier molecular flexibility index (Phi) is 5.57. The number of amides is 1. The van der Waals surface area contributed by atoms with E-state index in [1.165, 1.54) is 22.9 Å². The molecule has 0 spiro atoms. The number of hydrogen-bond donors (Lipinski definition) is 2. The smallest absolute Gasteiger partial charge is 0.252 e. The SMILES string of the molecule is Cn1cc(C(=O)NCC(c2ccccc2)C(C)(C)CO)ccc1=O. The molecule has 128 valence electrons. The van der Waals surface area contributed by atoms with Crippen molar-refractivity contribution in [1.82, 2.24) is 9.88 Å². The molecule has 0 radical (unpaired) electrons. The Bertz CT molecular complexity index is 751. The van der Waals surface area contributed by atoms with Crippen molar-refractivity contribution in [2.24, 2.45) is 12.5 Å². The van der Waals surface area contributed by atoms with E-state index in [1.54, 1.807) is 7.05 Å². The molecule has 1 aromatic carbocycles. The quantitative estimate of drug-likeness (QED) is 0.851. The van der Waals surface area contributed by atoms with Crippen LogP contribution in [0.25, 0.3) is 0 Å². The Balaban J connectivity index is 2.17. The van der Waals surface area contributed by atoms with Gasteiger partial charge in [0.1, 0.15) is 0 Å². The van der Waals surface area contributed by atoms with E-state index in [0.717, 1.165) is 5.56 Å². The summed E-state index contributed by atoms with van der Waals surface area (Å²) in [5, 5.41) is 12.6. The summed E-state index contributed by atoms with van der Waals surface area (Å²) in [4.78, 5) is 23.8. The van der Waals surface area contributed by atoms with E-state index in [9.17, 15) is 14.7 Å². The van der Waals surface area contributed by atoms with Crippen LogP contribution in [0, 0.1) is 5.41 Å².